The van der Waals surface area contributed by atoms with Gasteiger partial charge in [0.2, 0.25) is 0 Å². The predicted molar refractivity (Wildman–Crippen MR) is 98.3 cm³/mol. The van der Waals surface area contributed by atoms with Crippen molar-refractivity contribution in [3.63, 3.8) is 0 Å². The summed E-state index contributed by atoms with van der Waals surface area (Å²) in [5.74, 6) is -0.947. The smallest absolute Gasteiger partial charge is 0.333 e. The van der Waals surface area contributed by atoms with E-state index in [2.05, 4.69) is 20.7 Å². The summed E-state index contributed by atoms with van der Waals surface area (Å²) in [7, 11) is 0. The van der Waals surface area contributed by atoms with Crippen molar-refractivity contribution in [2.24, 2.45) is 0 Å². The zero-order chi connectivity index (χ0) is 18.2. The van der Waals surface area contributed by atoms with Gasteiger partial charge < -0.3 is 10.2 Å². The third-order valence-corrected chi connectivity index (χ3v) is 4.14. The van der Waals surface area contributed by atoms with Crippen molar-refractivity contribution in [3.05, 3.63) is 54.2 Å². The molecule has 1 aromatic carbocycles. The third kappa shape index (κ3) is 4.80. The first kappa shape index (κ1) is 17.9. The summed E-state index contributed by atoms with van der Waals surface area (Å²) in [4.78, 5) is 35.7. The van der Waals surface area contributed by atoms with Crippen LogP contribution in [0.3, 0.4) is 0 Å². The highest BCUT2D eigenvalue weighted by molar-refractivity contribution is 6.39. The van der Waals surface area contributed by atoms with Crippen LogP contribution in [0.1, 0.15) is 24.8 Å². The summed E-state index contributed by atoms with van der Waals surface area (Å²) < 4.78 is 0. The molecule has 3 rings (SSSR count). The lowest BCUT2D eigenvalue weighted by molar-refractivity contribution is -0.145. The summed E-state index contributed by atoms with van der Waals surface area (Å²) >= 11 is 0. The van der Waals surface area contributed by atoms with E-state index < -0.39 is 11.8 Å². The standard InChI is InChI=1S/C19H22N4O3/c24-18(19(25)22-26-14-15-8-3-1-4-9-15)21-16-10-7-11-20-17(16)23-12-5-2-6-13-23/h1,3-4,7-11H,2,5-6,12-14H2,(H,21,24)(H,22,25). The molecule has 0 aliphatic carbocycles. The molecule has 7 nitrogen and oxygen atoms in total. The van der Waals surface area contributed by atoms with E-state index in [0.29, 0.717) is 11.5 Å². The molecule has 136 valence electrons. The van der Waals surface area contributed by atoms with Crippen LogP contribution in [0.5, 0.6) is 0 Å². The molecule has 0 atom stereocenters. The second kappa shape index (κ2) is 8.96. The maximum absolute atomic E-state index is 12.1. The second-order valence-electron chi connectivity index (χ2n) is 6.08. The van der Waals surface area contributed by atoms with Crippen molar-refractivity contribution in [2.45, 2.75) is 25.9 Å². The number of pyridine rings is 1. The number of piperidine rings is 1. The largest absolute Gasteiger partial charge is 0.355 e. The first-order chi connectivity index (χ1) is 12.7. The van der Waals surface area contributed by atoms with Gasteiger partial charge in [0.15, 0.2) is 5.82 Å². The monoisotopic (exact) mass is 354 g/mol. The summed E-state index contributed by atoms with van der Waals surface area (Å²) in [5, 5.41) is 2.62. The Labute approximate surface area is 152 Å². The van der Waals surface area contributed by atoms with E-state index in [1.807, 2.05) is 30.3 Å². The Balaban J connectivity index is 1.54. The number of carbonyl (C=O) groups excluding carboxylic acids is 2. The number of carbonyl (C=O) groups is 2. The molecular weight excluding hydrogens is 332 g/mol. The van der Waals surface area contributed by atoms with Crippen LogP contribution in [0.15, 0.2) is 48.7 Å². The fraction of sp³-hybridized carbons (Fsp3) is 0.316. The first-order valence-electron chi connectivity index (χ1n) is 8.71. The molecule has 1 fully saturated rings. The van der Waals surface area contributed by atoms with Gasteiger partial charge in [0, 0.05) is 19.3 Å². The number of benzene rings is 1. The van der Waals surface area contributed by atoms with Crippen LogP contribution in [0, 0.1) is 0 Å². The van der Waals surface area contributed by atoms with Crippen LogP contribution in [-0.4, -0.2) is 29.9 Å². The Morgan fingerprint density at radius 1 is 1.00 bits per heavy atom. The van der Waals surface area contributed by atoms with Crippen LogP contribution in [0.25, 0.3) is 0 Å². The van der Waals surface area contributed by atoms with E-state index in [1.165, 1.54) is 6.42 Å². The molecule has 2 amide bonds. The van der Waals surface area contributed by atoms with Crippen LogP contribution in [0.2, 0.25) is 0 Å². The lowest BCUT2D eigenvalue weighted by atomic mass is 10.1. The van der Waals surface area contributed by atoms with E-state index in [1.54, 1.807) is 18.3 Å². The fourth-order valence-electron chi connectivity index (χ4n) is 2.84. The minimum Gasteiger partial charge on any atom is -0.355 e. The topological polar surface area (TPSA) is 83.6 Å². The van der Waals surface area contributed by atoms with Gasteiger partial charge in [-0.2, -0.15) is 0 Å². The quantitative estimate of drug-likeness (QED) is 0.636. The molecule has 0 saturated carbocycles. The molecule has 0 unspecified atom stereocenters. The van der Waals surface area contributed by atoms with E-state index in [-0.39, 0.29) is 6.61 Å². The molecule has 1 aliphatic heterocycles. The van der Waals surface area contributed by atoms with Gasteiger partial charge in [0.1, 0.15) is 0 Å². The van der Waals surface area contributed by atoms with Crippen molar-refractivity contribution in [1.29, 1.82) is 0 Å². The number of hydrogen-bond donors (Lipinski definition) is 2. The van der Waals surface area contributed by atoms with Gasteiger partial charge in [0.05, 0.1) is 12.3 Å². The van der Waals surface area contributed by atoms with E-state index >= 15 is 0 Å². The first-order valence-corrected chi connectivity index (χ1v) is 8.71. The van der Waals surface area contributed by atoms with Crippen molar-refractivity contribution < 1.29 is 14.4 Å². The number of hydroxylamine groups is 1. The summed E-state index contributed by atoms with van der Waals surface area (Å²) in [6, 6.07) is 12.8. The number of nitrogens with one attached hydrogen (secondary N) is 2. The normalized spacial score (nSPS) is 13.9. The minimum absolute atomic E-state index is 0.186. The molecule has 2 heterocycles. The molecule has 2 N–H and O–H groups in total. The van der Waals surface area contributed by atoms with Crippen LogP contribution in [0.4, 0.5) is 11.5 Å². The highest BCUT2D eigenvalue weighted by Crippen LogP contribution is 2.25. The Bertz CT molecular complexity index is 745. The molecular formula is C19H22N4O3. The molecule has 0 spiro atoms. The van der Waals surface area contributed by atoms with Gasteiger partial charge >= 0.3 is 11.8 Å². The van der Waals surface area contributed by atoms with Crippen molar-refractivity contribution in [3.8, 4) is 0 Å². The van der Waals surface area contributed by atoms with Gasteiger partial charge in [-0.1, -0.05) is 30.3 Å². The lowest BCUT2D eigenvalue weighted by Gasteiger charge is -2.29. The number of rotatable bonds is 5. The van der Waals surface area contributed by atoms with Gasteiger partial charge in [-0.15, -0.1) is 0 Å². The summed E-state index contributed by atoms with van der Waals surface area (Å²) in [6.07, 6.45) is 5.07. The van der Waals surface area contributed by atoms with Gasteiger partial charge in [-0.05, 0) is 37.0 Å². The molecule has 1 saturated heterocycles. The fourth-order valence-corrected chi connectivity index (χ4v) is 2.84. The minimum atomic E-state index is -0.852. The molecule has 0 bridgehead atoms. The number of anilines is 2. The Kier molecular flexibility index (Phi) is 6.16. The SMILES string of the molecule is O=C(NOCc1ccccc1)C(=O)Nc1cccnc1N1CCCCC1. The highest BCUT2D eigenvalue weighted by Gasteiger charge is 2.20. The van der Waals surface area contributed by atoms with Crippen molar-refractivity contribution in [2.75, 3.05) is 23.3 Å². The molecule has 26 heavy (non-hydrogen) atoms. The maximum Gasteiger partial charge on any atom is 0.333 e. The van der Waals surface area contributed by atoms with E-state index in [4.69, 9.17) is 4.84 Å². The maximum atomic E-state index is 12.1. The van der Waals surface area contributed by atoms with E-state index in [9.17, 15) is 9.59 Å². The third-order valence-electron chi connectivity index (χ3n) is 4.14. The molecule has 7 heteroatoms. The molecule has 2 aromatic rings. The molecule has 1 aliphatic rings. The highest BCUT2D eigenvalue weighted by atomic mass is 16.7. The second-order valence-corrected chi connectivity index (χ2v) is 6.08. The number of amides is 2. The van der Waals surface area contributed by atoms with Gasteiger partial charge in [-0.25, -0.2) is 10.5 Å². The number of nitrogens with zero attached hydrogens (tertiary/aromatic N) is 2. The molecule has 0 radical (unpaired) electrons. The van der Waals surface area contributed by atoms with Crippen molar-refractivity contribution >= 4 is 23.3 Å². The van der Waals surface area contributed by atoms with Gasteiger partial charge in [-0.3, -0.25) is 14.4 Å². The zero-order valence-electron chi connectivity index (χ0n) is 14.5. The zero-order valence-corrected chi connectivity index (χ0v) is 14.5. The molecule has 1 aromatic heterocycles. The lowest BCUT2D eigenvalue weighted by Crippen LogP contribution is -2.36. The summed E-state index contributed by atoms with van der Waals surface area (Å²) in [5.41, 5.74) is 3.59. The number of aromatic nitrogens is 1. The Morgan fingerprint density at radius 3 is 2.54 bits per heavy atom. The summed E-state index contributed by atoms with van der Waals surface area (Å²) in [6.45, 7) is 1.98. The van der Waals surface area contributed by atoms with Crippen LogP contribution in [-0.2, 0) is 21.0 Å². The number of hydrogen-bond acceptors (Lipinski definition) is 5. The average molecular weight is 354 g/mol. The van der Waals surface area contributed by atoms with Crippen LogP contribution >= 0.6 is 0 Å². The van der Waals surface area contributed by atoms with Crippen molar-refractivity contribution in [1.82, 2.24) is 10.5 Å². The average Bonchev–Trinajstić information content (AvgIpc) is 2.70. The van der Waals surface area contributed by atoms with Crippen LogP contribution < -0.4 is 15.7 Å². The Hall–Kier alpha value is -2.93. The Morgan fingerprint density at radius 2 is 1.77 bits per heavy atom. The predicted octanol–water partition coefficient (Wildman–Crippen LogP) is 2.26. The van der Waals surface area contributed by atoms with E-state index in [0.717, 1.165) is 31.5 Å². The van der Waals surface area contributed by atoms with Gasteiger partial charge in [0.25, 0.3) is 0 Å².